The van der Waals surface area contributed by atoms with Crippen LogP contribution in [0.4, 0.5) is 0 Å². The minimum Gasteiger partial charge on any atom is -0.343 e. The maximum atomic E-state index is 13.1. The number of amides is 3. The average Bonchev–Trinajstić information content (AvgIpc) is 2.74. The maximum absolute atomic E-state index is 13.1. The molecule has 7 heteroatoms. The summed E-state index contributed by atoms with van der Waals surface area (Å²) in [5.74, 6) is -0.195. The molecule has 1 fully saturated rings. The first-order chi connectivity index (χ1) is 14.6. The third-order valence-electron chi connectivity index (χ3n) is 5.96. The van der Waals surface area contributed by atoms with Crippen molar-refractivity contribution in [3.8, 4) is 0 Å². The number of hydrogen-bond acceptors (Lipinski definition) is 4. The summed E-state index contributed by atoms with van der Waals surface area (Å²) >= 11 is 0. The topological polar surface area (TPSA) is 73.0 Å². The Bertz CT molecular complexity index is 626. The van der Waals surface area contributed by atoms with Gasteiger partial charge in [0.15, 0.2) is 0 Å². The van der Waals surface area contributed by atoms with Gasteiger partial charge in [0.1, 0.15) is 6.04 Å². The second-order valence-corrected chi connectivity index (χ2v) is 9.12. The van der Waals surface area contributed by atoms with Crippen molar-refractivity contribution in [2.45, 2.75) is 78.8 Å². The minimum atomic E-state index is -0.575. The Hall–Kier alpha value is -1.89. The summed E-state index contributed by atoms with van der Waals surface area (Å²) in [6, 6.07) is -0.745. The highest BCUT2D eigenvalue weighted by Gasteiger charge is 2.32. The second kappa shape index (κ2) is 13.5. The summed E-state index contributed by atoms with van der Waals surface area (Å²) in [7, 11) is 3.69. The van der Waals surface area contributed by atoms with Crippen molar-refractivity contribution < 1.29 is 14.4 Å². The average molecular weight is 437 g/mol. The summed E-state index contributed by atoms with van der Waals surface area (Å²) in [6.07, 6.45) is 6.62. The van der Waals surface area contributed by atoms with Gasteiger partial charge in [-0.05, 0) is 52.1 Å². The number of carbonyl (C=O) groups is 3. The molecule has 2 atom stereocenters. The zero-order valence-corrected chi connectivity index (χ0v) is 20.7. The van der Waals surface area contributed by atoms with Crippen LogP contribution >= 0.6 is 0 Å². The molecule has 0 aromatic rings. The van der Waals surface area contributed by atoms with E-state index in [1.165, 1.54) is 0 Å². The summed E-state index contributed by atoms with van der Waals surface area (Å²) in [5, 5.41) is 2.99. The summed E-state index contributed by atoms with van der Waals surface area (Å²) < 4.78 is 0. The fourth-order valence-electron chi connectivity index (χ4n) is 3.96. The highest BCUT2D eigenvalue weighted by atomic mass is 16.2. The molecule has 31 heavy (non-hydrogen) atoms. The fraction of sp³-hybridized carbons (Fsp3) is 0.792. The van der Waals surface area contributed by atoms with E-state index in [9.17, 15) is 14.4 Å². The first-order valence-corrected chi connectivity index (χ1v) is 11.9. The Morgan fingerprint density at radius 2 is 1.74 bits per heavy atom. The smallest absolute Gasteiger partial charge is 0.249 e. The molecule has 0 aromatic carbocycles. The van der Waals surface area contributed by atoms with Gasteiger partial charge in [-0.25, -0.2) is 0 Å². The van der Waals surface area contributed by atoms with Crippen LogP contribution in [0.1, 0.15) is 66.7 Å². The Morgan fingerprint density at radius 3 is 2.26 bits per heavy atom. The molecule has 2 unspecified atom stereocenters. The van der Waals surface area contributed by atoms with E-state index in [1.54, 1.807) is 18.9 Å². The van der Waals surface area contributed by atoms with E-state index in [1.807, 2.05) is 31.9 Å². The first-order valence-electron chi connectivity index (χ1n) is 11.9. The van der Waals surface area contributed by atoms with E-state index in [4.69, 9.17) is 0 Å². The number of hydrogen-bond donors (Lipinski definition) is 1. The van der Waals surface area contributed by atoms with Crippen molar-refractivity contribution in [3.63, 3.8) is 0 Å². The summed E-state index contributed by atoms with van der Waals surface area (Å²) in [6.45, 7) is 12.5. The van der Waals surface area contributed by atoms with Crippen molar-refractivity contribution in [1.29, 1.82) is 0 Å². The Labute approximate surface area is 189 Å². The molecule has 0 aliphatic carbocycles. The van der Waals surface area contributed by atoms with Crippen LogP contribution in [0.25, 0.3) is 0 Å². The van der Waals surface area contributed by atoms with Gasteiger partial charge in [-0.15, -0.1) is 0 Å². The van der Waals surface area contributed by atoms with E-state index < -0.39 is 6.04 Å². The molecular formula is C24H44N4O3. The molecule has 7 nitrogen and oxygen atoms in total. The van der Waals surface area contributed by atoms with Gasteiger partial charge in [-0.2, -0.15) is 0 Å². The molecule has 1 aliphatic rings. The zero-order valence-electron chi connectivity index (χ0n) is 20.7. The molecular weight excluding hydrogens is 392 g/mol. The molecule has 178 valence electrons. The predicted molar refractivity (Wildman–Crippen MR) is 126 cm³/mol. The van der Waals surface area contributed by atoms with Crippen LogP contribution in [0.3, 0.4) is 0 Å². The van der Waals surface area contributed by atoms with Gasteiger partial charge in [0.25, 0.3) is 0 Å². The van der Waals surface area contributed by atoms with Gasteiger partial charge < -0.3 is 15.1 Å². The van der Waals surface area contributed by atoms with Gasteiger partial charge in [-0.3, -0.25) is 19.3 Å². The number of nitrogens with one attached hydrogen (secondary N) is 1. The molecule has 0 radical (unpaired) electrons. The van der Waals surface area contributed by atoms with Gasteiger partial charge in [0, 0.05) is 32.3 Å². The molecule has 0 aromatic heterocycles. The predicted octanol–water partition coefficient (Wildman–Crippen LogP) is 2.66. The highest BCUT2D eigenvalue weighted by molar-refractivity contribution is 5.93. The van der Waals surface area contributed by atoms with Crippen molar-refractivity contribution in [1.82, 2.24) is 20.0 Å². The third-order valence-corrected chi connectivity index (χ3v) is 5.96. The van der Waals surface area contributed by atoms with Crippen molar-refractivity contribution in [2.75, 3.05) is 40.3 Å². The lowest BCUT2D eigenvalue weighted by atomic mass is 9.99. The van der Waals surface area contributed by atoms with Crippen LogP contribution < -0.4 is 5.32 Å². The van der Waals surface area contributed by atoms with Gasteiger partial charge in [0.2, 0.25) is 17.7 Å². The number of rotatable bonds is 11. The van der Waals surface area contributed by atoms with Crippen molar-refractivity contribution in [3.05, 3.63) is 11.6 Å². The molecule has 0 bridgehead atoms. The van der Waals surface area contributed by atoms with Crippen molar-refractivity contribution >= 4 is 17.7 Å². The van der Waals surface area contributed by atoms with Gasteiger partial charge >= 0.3 is 0 Å². The number of carbonyl (C=O) groups excluding carboxylic acids is 3. The minimum absolute atomic E-state index is 0.0240. The molecule has 1 heterocycles. The maximum Gasteiger partial charge on any atom is 0.249 e. The van der Waals surface area contributed by atoms with Crippen LogP contribution in [-0.2, 0) is 14.4 Å². The Morgan fingerprint density at radius 1 is 1.13 bits per heavy atom. The van der Waals surface area contributed by atoms with Crippen molar-refractivity contribution in [2.24, 2.45) is 5.92 Å². The van der Waals surface area contributed by atoms with E-state index in [0.717, 1.165) is 51.7 Å². The Balaban J connectivity index is 2.77. The van der Waals surface area contributed by atoms with E-state index in [0.29, 0.717) is 12.1 Å². The van der Waals surface area contributed by atoms with Crippen LogP contribution in [0, 0.1) is 5.92 Å². The number of piperidine rings is 1. The highest BCUT2D eigenvalue weighted by Crippen LogP contribution is 2.16. The number of likely N-dealkylation sites (N-methyl/N-ethyl adjacent to an activating group) is 2. The molecule has 1 aliphatic heterocycles. The largest absolute Gasteiger partial charge is 0.343 e. The van der Waals surface area contributed by atoms with E-state index in [2.05, 4.69) is 24.1 Å². The van der Waals surface area contributed by atoms with Crippen LogP contribution in [-0.4, -0.2) is 84.8 Å². The lowest BCUT2D eigenvalue weighted by Gasteiger charge is -2.34. The van der Waals surface area contributed by atoms with Crippen LogP contribution in [0.5, 0.6) is 0 Å². The van der Waals surface area contributed by atoms with Crippen LogP contribution in [0.2, 0.25) is 0 Å². The first kappa shape index (κ1) is 27.1. The van der Waals surface area contributed by atoms with Crippen LogP contribution in [0.15, 0.2) is 11.6 Å². The summed E-state index contributed by atoms with van der Waals surface area (Å²) in [4.78, 5) is 44.1. The Kier molecular flexibility index (Phi) is 11.8. The zero-order chi connectivity index (χ0) is 23.6. The molecule has 3 amide bonds. The molecule has 1 N–H and O–H groups in total. The SMILES string of the molecule is CCCN(CCC)C(=O)/C(C)=C/CN(C)C(=O)C(NC(=O)C1CCCCN1C)C(C)C. The standard InChI is InChI=1S/C24H44N4O3/c1-8-14-28(15-9-2)23(30)19(5)13-17-27(7)24(31)21(18(3)4)25-22(29)20-12-10-11-16-26(20)6/h13,18,20-21H,8-12,14-17H2,1-7H3,(H,25,29)/b19-13+. The monoisotopic (exact) mass is 436 g/mol. The quantitative estimate of drug-likeness (QED) is 0.506. The normalized spacial score (nSPS) is 18.6. The number of nitrogens with zero attached hydrogens (tertiary/aromatic N) is 3. The van der Waals surface area contributed by atoms with E-state index >= 15 is 0 Å². The molecule has 0 spiro atoms. The lowest BCUT2D eigenvalue weighted by molar-refractivity contribution is -0.138. The number of likely N-dealkylation sites (tertiary alicyclic amines) is 1. The molecule has 1 rings (SSSR count). The molecule has 0 saturated carbocycles. The third kappa shape index (κ3) is 8.28. The lowest BCUT2D eigenvalue weighted by Crippen LogP contribution is -2.56. The molecule has 1 saturated heterocycles. The van der Waals surface area contributed by atoms with Gasteiger partial charge in [0.05, 0.1) is 6.04 Å². The fourth-order valence-corrected chi connectivity index (χ4v) is 3.96. The van der Waals surface area contributed by atoms with E-state index in [-0.39, 0.29) is 29.7 Å². The summed E-state index contributed by atoms with van der Waals surface area (Å²) in [5.41, 5.74) is 0.649. The second-order valence-electron chi connectivity index (χ2n) is 9.12. The van der Waals surface area contributed by atoms with Gasteiger partial charge in [-0.1, -0.05) is 40.2 Å².